The molecule has 18 nitrogen and oxygen atoms in total. The predicted octanol–water partition coefficient (Wildman–Crippen LogP) is -3.63. The molecule has 18 heteroatoms. The first-order valence-electron chi connectivity index (χ1n) is 15.3. The number of nitrogens with one attached hydrogen (secondary N) is 7. The lowest BCUT2D eigenvalue weighted by Crippen LogP contribution is -2.56. The van der Waals surface area contributed by atoms with Gasteiger partial charge in [-0.15, -0.1) is 0 Å². The van der Waals surface area contributed by atoms with Gasteiger partial charge in [0.25, 0.3) is 11.8 Å². The standard InChI is InChI=1S/C29H44N10O8/c1-5-7-18(25(43)29(47)35-14-22(40)33-16-24(42)39(3)4)37-26(44)17-11-31-12-20(17)38-28(46)19(8-6-2)36-23(41)15-34-27(45)21-13-30-9-10-32-21/h9-10,13,17-20,31H,5-8,11-12,14-16H2,1-4H3,(H,33,40)(H,34,45)(H,35,47)(H,36,41)(H,37,44)(H,38,46)/t17-,18+,19+,20+/m1/s1. The van der Waals surface area contributed by atoms with Crippen molar-refractivity contribution >= 4 is 47.1 Å². The first-order chi connectivity index (χ1) is 22.4. The van der Waals surface area contributed by atoms with Gasteiger partial charge < -0.3 is 42.1 Å². The van der Waals surface area contributed by atoms with E-state index in [1.807, 2.05) is 6.92 Å². The number of rotatable bonds is 18. The molecule has 2 heterocycles. The molecule has 1 aromatic heterocycles. The van der Waals surface area contributed by atoms with E-state index in [-0.39, 0.29) is 37.7 Å². The molecule has 4 atom stereocenters. The molecule has 7 N–H and O–H groups in total. The molecule has 0 saturated carbocycles. The normalized spacial score (nSPS) is 16.5. The Morgan fingerprint density at radius 1 is 0.851 bits per heavy atom. The predicted molar refractivity (Wildman–Crippen MR) is 166 cm³/mol. The van der Waals surface area contributed by atoms with Crippen LogP contribution in [-0.4, -0.2) is 127 Å². The molecule has 47 heavy (non-hydrogen) atoms. The van der Waals surface area contributed by atoms with Crippen molar-refractivity contribution in [2.45, 2.75) is 57.7 Å². The Morgan fingerprint density at radius 2 is 1.53 bits per heavy atom. The van der Waals surface area contributed by atoms with Gasteiger partial charge in [0, 0.05) is 39.6 Å². The lowest BCUT2D eigenvalue weighted by Gasteiger charge is -2.25. The highest BCUT2D eigenvalue weighted by atomic mass is 16.2. The minimum atomic E-state index is -1.17. The van der Waals surface area contributed by atoms with Gasteiger partial charge in [0.1, 0.15) is 11.7 Å². The maximum absolute atomic E-state index is 13.3. The number of Topliss-reactive ketones (excluding diaryl/α,β-unsaturated/α-hetero) is 1. The van der Waals surface area contributed by atoms with Crippen molar-refractivity contribution in [3.05, 3.63) is 24.3 Å². The van der Waals surface area contributed by atoms with Crippen LogP contribution in [0.5, 0.6) is 0 Å². The molecular weight excluding hydrogens is 616 g/mol. The Kier molecular flexibility index (Phi) is 15.8. The summed E-state index contributed by atoms with van der Waals surface area (Å²) in [7, 11) is 3.04. The van der Waals surface area contributed by atoms with Gasteiger partial charge in [0.15, 0.2) is 0 Å². The SMILES string of the molecule is CCC[C@H](NC(=O)CNC(=O)c1cnccn1)C(=O)N[C@H]1CNC[C@H]1C(=O)N[C@@H](CCC)C(=O)C(=O)NCC(=O)NCC(=O)N(C)C. The lowest BCUT2D eigenvalue weighted by molar-refractivity contribution is -0.141. The molecule has 0 bridgehead atoms. The van der Waals surface area contributed by atoms with Crippen molar-refractivity contribution in [1.82, 2.24) is 52.1 Å². The third-order valence-electron chi connectivity index (χ3n) is 7.09. The fourth-order valence-electron chi connectivity index (χ4n) is 4.50. The van der Waals surface area contributed by atoms with Crippen LogP contribution in [-0.2, 0) is 33.6 Å². The Hall–Kier alpha value is -5.00. The number of carbonyl (C=O) groups excluding carboxylic acids is 8. The summed E-state index contributed by atoms with van der Waals surface area (Å²) in [5.41, 5.74) is 0.0296. The fourth-order valence-corrected chi connectivity index (χ4v) is 4.50. The van der Waals surface area contributed by atoms with Crippen LogP contribution in [0, 0.1) is 5.92 Å². The van der Waals surface area contributed by atoms with Gasteiger partial charge in [-0.1, -0.05) is 26.7 Å². The zero-order valence-corrected chi connectivity index (χ0v) is 27.0. The van der Waals surface area contributed by atoms with Crippen LogP contribution in [0.2, 0.25) is 0 Å². The second kappa shape index (κ2) is 19.5. The molecule has 0 unspecified atom stereocenters. The topological polar surface area (TPSA) is 250 Å². The maximum atomic E-state index is 13.3. The summed E-state index contributed by atoms with van der Waals surface area (Å²) in [6, 6.07) is -2.80. The van der Waals surface area contributed by atoms with Crippen molar-refractivity contribution in [3.8, 4) is 0 Å². The van der Waals surface area contributed by atoms with Crippen LogP contribution >= 0.6 is 0 Å². The molecule has 0 spiro atoms. The number of nitrogens with zero attached hydrogens (tertiary/aromatic N) is 3. The molecule has 1 fully saturated rings. The third kappa shape index (κ3) is 12.7. The van der Waals surface area contributed by atoms with Crippen LogP contribution < -0.4 is 37.2 Å². The number of aromatic nitrogens is 2. The van der Waals surface area contributed by atoms with E-state index in [0.29, 0.717) is 19.3 Å². The number of amides is 7. The number of carbonyl (C=O) groups is 8. The summed E-state index contributed by atoms with van der Waals surface area (Å²) >= 11 is 0. The molecule has 1 aliphatic rings. The van der Waals surface area contributed by atoms with Crippen molar-refractivity contribution in [1.29, 1.82) is 0 Å². The van der Waals surface area contributed by atoms with E-state index in [2.05, 4.69) is 47.2 Å². The largest absolute Gasteiger partial charge is 0.349 e. The van der Waals surface area contributed by atoms with Crippen LogP contribution in [0.1, 0.15) is 50.0 Å². The molecule has 0 aromatic carbocycles. The van der Waals surface area contributed by atoms with E-state index in [9.17, 15) is 38.4 Å². The van der Waals surface area contributed by atoms with Crippen LogP contribution in [0.25, 0.3) is 0 Å². The summed E-state index contributed by atoms with van der Waals surface area (Å²) in [4.78, 5) is 109. The number of hydrogen-bond donors (Lipinski definition) is 7. The fraction of sp³-hybridized carbons (Fsp3) is 0.586. The third-order valence-corrected chi connectivity index (χ3v) is 7.09. The van der Waals surface area contributed by atoms with Gasteiger partial charge in [0.2, 0.25) is 35.3 Å². The molecule has 258 valence electrons. The summed E-state index contributed by atoms with van der Waals surface area (Å²) in [6.45, 7) is 2.80. The van der Waals surface area contributed by atoms with Gasteiger partial charge in [-0.05, 0) is 12.8 Å². The van der Waals surface area contributed by atoms with Gasteiger partial charge in [-0.25, -0.2) is 4.98 Å². The van der Waals surface area contributed by atoms with Crippen molar-refractivity contribution in [2.24, 2.45) is 5.92 Å². The van der Waals surface area contributed by atoms with E-state index in [1.54, 1.807) is 6.92 Å². The molecular formula is C29H44N10O8. The summed E-state index contributed by atoms with van der Waals surface area (Å²) < 4.78 is 0. The highest BCUT2D eigenvalue weighted by molar-refractivity contribution is 6.38. The quantitative estimate of drug-likeness (QED) is 0.0757. The van der Waals surface area contributed by atoms with Crippen LogP contribution in [0.15, 0.2) is 18.6 Å². The van der Waals surface area contributed by atoms with E-state index in [4.69, 9.17) is 0 Å². The molecule has 1 saturated heterocycles. The van der Waals surface area contributed by atoms with E-state index in [1.165, 1.54) is 37.6 Å². The van der Waals surface area contributed by atoms with E-state index < -0.39 is 78.4 Å². The Bertz CT molecular complexity index is 1290. The first kappa shape index (κ1) is 38.2. The average molecular weight is 661 g/mol. The van der Waals surface area contributed by atoms with Gasteiger partial charge >= 0.3 is 0 Å². The van der Waals surface area contributed by atoms with Crippen LogP contribution in [0.3, 0.4) is 0 Å². The molecule has 1 aliphatic heterocycles. The Labute approximate surface area is 272 Å². The van der Waals surface area contributed by atoms with Crippen molar-refractivity contribution in [2.75, 3.05) is 46.8 Å². The smallest absolute Gasteiger partial charge is 0.290 e. The molecule has 0 aliphatic carbocycles. The molecule has 2 rings (SSSR count). The van der Waals surface area contributed by atoms with E-state index in [0.717, 1.165) is 0 Å². The Morgan fingerprint density at radius 3 is 2.17 bits per heavy atom. The number of hydrogen-bond acceptors (Lipinski definition) is 11. The number of likely N-dealkylation sites (N-methyl/N-ethyl adjacent to an activating group) is 1. The highest BCUT2D eigenvalue weighted by Gasteiger charge is 2.37. The zero-order chi connectivity index (χ0) is 34.9. The summed E-state index contributed by atoms with van der Waals surface area (Å²) in [5, 5.41) is 18.0. The highest BCUT2D eigenvalue weighted by Crippen LogP contribution is 2.12. The van der Waals surface area contributed by atoms with Crippen LogP contribution in [0.4, 0.5) is 0 Å². The van der Waals surface area contributed by atoms with Gasteiger partial charge in [0.05, 0.1) is 43.8 Å². The monoisotopic (exact) mass is 660 g/mol. The Balaban J connectivity index is 1.93. The number of ketones is 1. The van der Waals surface area contributed by atoms with E-state index >= 15 is 0 Å². The summed E-state index contributed by atoms with van der Waals surface area (Å²) in [6.07, 6.45) is 5.43. The second-order valence-corrected chi connectivity index (χ2v) is 11.0. The second-order valence-electron chi connectivity index (χ2n) is 11.0. The summed E-state index contributed by atoms with van der Waals surface area (Å²) in [5.74, 6) is -6.13. The maximum Gasteiger partial charge on any atom is 0.290 e. The van der Waals surface area contributed by atoms with Gasteiger partial charge in [-0.2, -0.15) is 0 Å². The minimum absolute atomic E-state index is 0.0296. The average Bonchev–Trinajstić information content (AvgIpc) is 3.52. The zero-order valence-electron chi connectivity index (χ0n) is 27.0. The molecule has 0 radical (unpaired) electrons. The van der Waals surface area contributed by atoms with Gasteiger partial charge in [-0.3, -0.25) is 43.3 Å². The molecule has 7 amide bonds. The minimum Gasteiger partial charge on any atom is -0.349 e. The molecule has 1 aromatic rings. The van der Waals surface area contributed by atoms with Crippen molar-refractivity contribution in [3.63, 3.8) is 0 Å². The first-order valence-corrected chi connectivity index (χ1v) is 15.3. The lowest BCUT2D eigenvalue weighted by atomic mass is 9.99. The van der Waals surface area contributed by atoms with Crippen molar-refractivity contribution < 1.29 is 38.4 Å².